The van der Waals surface area contributed by atoms with Gasteiger partial charge in [0.2, 0.25) is 5.91 Å². The lowest BCUT2D eigenvalue weighted by Crippen LogP contribution is -2.30. The van der Waals surface area contributed by atoms with Crippen molar-refractivity contribution in [3.8, 4) is 34.4 Å². The van der Waals surface area contributed by atoms with Crippen LogP contribution in [-0.4, -0.2) is 28.5 Å². The van der Waals surface area contributed by atoms with E-state index in [1.54, 1.807) is 31.2 Å². The molecule has 0 aliphatic rings. The first-order valence-corrected chi connectivity index (χ1v) is 12.1. The molecule has 1 heterocycles. The Bertz CT molecular complexity index is 1580. The summed E-state index contributed by atoms with van der Waals surface area (Å²) in [7, 11) is 0. The Morgan fingerprint density at radius 3 is 2.27 bits per heavy atom. The second kappa shape index (κ2) is 12.3. The molecule has 0 saturated carbocycles. The maximum absolute atomic E-state index is 15.5. The number of carboxylic acid groups (broad SMARTS) is 1. The van der Waals surface area contributed by atoms with Gasteiger partial charge in [0, 0.05) is 13.1 Å². The quantitative estimate of drug-likeness (QED) is 0.224. The number of carboxylic acids is 1. The fourth-order valence-corrected chi connectivity index (χ4v) is 3.82. The number of pyridine rings is 1. The van der Waals surface area contributed by atoms with Gasteiger partial charge in [0.25, 0.3) is 11.8 Å². The molecule has 9 nitrogen and oxygen atoms in total. The van der Waals surface area contributed by atoms with Crippen molar-refractivity contribution in [2.24, 2.45) is 11.5 Å². The molecule has 6 N–H and O–H groups in total. The summed E-state index contributed by atoms with van der Waals surface area (Å²) < 4.78 is 42.2. The van der Waals surface area contributed by atoms with Crippen LogP contribution in [0, 0.1) is 18.6 Å². The molecule has 0 unspecified atom stereocenters. The summed E-state index contributed by atoms with van der Waals surface area (Å²) in [4.78, 5) is 27.3. The number of aromatic nitrogens is 1. The number of benzene rings is 3. The first-order valence-electron chi connectivity index (χ1n) is 12.1. The van der Waals surface area contributed by atoms with Crippen LogP contribution in [0.25, 0.3) is 11.1 Å². The number of halogens is 2. The number of nitrogens with zero attached hydrogens (tertiary/aromatic N) is 1. The average Bonchev–Trinajstić information content (AvgIpc) is 2.95. The topological polar surface area (TPSA) is 150 Å². The van der Waals surface area contributed by atoms with Crippen LogP contribution in [0.5, 0.6) is 23.3 Å². The largest absolute Gasteiger partial charge is 0.478 e. The minimum absolute atomic E-state index is 0.179. The van der Waals surface area contributed by atoms with Crippen molar-refractivity contribution in [2.45, 2.75) is 20.0 Å². The molecule has 0 radical (unpaired) electrons. The summed E-state index contributed by atoms with van der Waals surface area (Å²) in [5, 5.41) is 11.8. The Morgan fingerprint density at radius 1 is 0.925 bits per heavy atom. The van der Waals surface area contributed by atoms with Crippen molar-refractivity contribution >= 4 is 11.9 Å². The summed E-state index contributed by atoms with van der Waals surface area (Å²) in [5.41, 5.74) is 13.3. The predicted molar refractivity (Wildman–Crippen MR) is 143 cm³/mol. The van der Waals surface area contributed by atoms with Gasteiger partial charge in [0.1, 0.15) is 17.1 Å². The molecule has 0 fully saturated rings. The third-order valence-electron chi connectivity index (χ3n) is 5.87. The number of rotatable bonds is 10. The van der Waals surface area contributed by atoms with Gasteiger partial charge in [-0.3, -0.25) is 4.79 Å². The van der Waals surface area contributed by atoms with Gasteiger partial charge >= 0.3 is 5.97 Å². The Kier molecular flexibility index (Phi) is 8.67. The van der Waals surface area contributed by atoms with Crippen LogP contribution in [0.3, 0.4) is 0 Å². The van der Waals surface area contributed by atoms with Gasteiger partial charge in [0.05, 0.1) is 12.1 Å². The Hall–Kier alpha value is -4.87. The zero-order valence-corrected chi connectivity index (χ0v) is 21.4. The van der Waals surface area contributed by atoms with Crippen LogP contribution in [0.1, 0.15) is 27.0 Å². The molecule has 11 heteroatoms. The van der Waals surface area contributed by atoms with Crippen LogP contribution in [0.15, 0.2) is 66.7 Å². The number of carbonyl (C=O) groups excluding carboxylic acids is 1. The molecule has 0 spiro atoms. The van der Waals surface area contributed by atoms with Crippen LogP contribution >= 0.6 is 0 Å². The lowest BCUT2D eigenvalue weighted by Gasteiger charge is -2.16. The zero-order valence-electron chi connectivity index (χ0n) is 21.4. The van der Waals surface area contributed by atoms with E-state index in [1.807, 2.05) is 30.3 Å². The molecule has 1 amide bonds. The van der Waals surface area contributed by atoms with Gasteiger partial charge in [-0.15, -0.1) is 0 Å². The molecular weight excluding hydrogens is 522 g/mol. The molecule has 0 atom stereocenters. The van der Waals surface area contributed by atoms with Crippen LogP contribution in [0.4, 0.5) is 8.78 Å². The van der Waals surface area contributed by atoms with E-state index in [2.05, 4.69) is 10.3 Å². The van der Waals surface area contributed by atoms with Crippen molar-refractivity contribution in [1.29, 1.82) is 0 Å². The highest BCUT2D eigenvalue weighted by molar-refractivity contribution is 5.91. The summed E-state index contributed by atoms with van der Waals surface area (Å²) in [6, 6.07) is 18.4. The standard InChI is InChI=1S/C29H26F2N4O5/c1-16-8-9-21(29(37)38)23(10-16)40-28-26(31)22(15-34-24(36)14-33)25(30)27(35-28)39-20-7-3-6-19(12-20)18-5-2-4-17(11-18)13-32/h2-12H,13-15,32-33H2,1H3,(H,34,36)(H,37,38). The van der Waals surface area contributed by atoms with Crippen molar-refractivity contribution in [1.82, 2.24) is 10.3 Å². The van der Waals surface area contributed by atoms with E-state index < -0.39 is 53.9 Å². The van der Waals surface area contributed by atoms with Crippen LogP contribution in [0.2, 0.25) is 0 Å². The fourth-order valence-electron chi connectivity index (χ4n) is 3.82. The monoisotopic (exact) mass is 548 g/mol. The zero-order chi connectivity index (χ0) is 28.8. The molecule has 4 aromatic rings. The molecule has 0 bridgehead atoms. The molecule has 0 aliphatic heterocycles. The summed E-state index contributed by atoms with van der Waals surface area (Å²) in [5.74, 6) is -5.82. The van der Waals surface area contributed by atoms with E-state index in [9.17, 15) is 14.7 Å². The van der Waals surface area contributed by atoms with E-state index >= 15 is 8.78 Å². The van der Waals surface area contributed by atoms with Gasteiger partial charge < -0.3 is 31.4 Å². The van der Waals surface area contributed by atoms with Crippen molar-refractivity contribution in [3.63, 3.8) is 0 Å². The first-order chi connectivity index (χ1) is 19.2. The number of ether oxygens (including phenoxy) is 2. The summed E-state index contributed by atoms with van der Waals surface area (Å²) in [6.45, 7) is 1.05. The van der Waals surface area contributed by atoms with Crippen molar-refractivity contribution in [2.75, 3.05) is 6.54 Å². The molecule has 0 saturated heterocycles. The van der Waals surface area contributed by atoms with Crippen molar-refractivity contribution < 1.29 is 33.0 Å². The average molecular weight is 549 g/mol. The molecule has 4 rings (SSSR count). The van der Waals surface area contributed by atoms with E-state index in [4.69, 9.17) is 20.9 Å². The number of amides is 1. The SMILES string of the molecule is Cc1ccc(C(=O)O)c(Oc2nc(Oc3cccc(-c4cccc(CN)c4)c3)c(F)c(CNC(=O)CN)c2F)c1. The van der Waals surface area contributed by atoms with E-state index in [-0.39, 0.29) is 17.1 Å². The number of nitrogens with one attached hydrogen (secondary N) is 1. The summed E-state index contributed by atoms with van der Waals surface area (Å²) in [6.07, 6.45) is 0. The number of aromatic carboxylic acids is 1. The minimum atomic E-state index is -1.32. The molecule has 40 heavy (non-hydrogen) atoms. The van der Waals surface area contributed by atoms with Gasteiger partial charge in [-0.25, -0.2) is 13.6 Å². The second-order valence-corrected chi connectivity index (χ2v) is 8.75. The third-order valence-corrected chi connectivity index (χ3v) is 5.87. The van der Waals surface area contributed by atoms with Gasteiger partial charge in [-0.2, -0.15) is 4.98 Å². The van der Waals surface area contributed by atoms with E-state index in [1.165, 1.54) is 12.1 Å². The number of carbonyl (C=O) groups is 2. The number of nitrogens with two attached hydrogens (primary N) is 2. The molecule has 0 aliphatic carbocycles. The molecule has 1 aromatic heterocycles. The van der Waals surface area contributed by atoms with Crippen LogP contribution in [-0.2, 0) is 17.9 Å². The third kappa shape index (κ3) is 6.40. The normalized spacial score (nSPS) is 10.7. The maximum Gasteiger partial charge on any atom is 0.339 e. The number of hydrogen-bond acceptors (Lipinski definition) is 7. The highest BCUT2D eigenvalue weighted by atomic mass is 19.1. The van der Waals surface area contributed by atoms with Gasteiger partial charge in [-0.05, 0) is 59.5 Å². The highest BCUT2D eigenvalue weighted by Crippen LogP contribution is 2.35. The molecule has 206 valence electrons. The highest BCUT2D eigenvalue weighted by Gasteiger charge is 2.25. The number of hydrogen-bond donors (Lipinski definition) is 4. The smallest absolute Gasteiger partial charge is 0.339 e. The van der Waals surface area contributed by atoms with E-state index in [0.29, 0.717) is 12.1 Å². The Balaban J connectivity index is 1.76. The first kappa shape index (κ1) is 28.1. The second-order valence-electron chi connectivity index (χ2n) is 8.75. The van der Waals surface area contributed by atoms with Crippen molar-refractivity contribution in [3.05, 3.63) is 101 Å². The molecular formula is C29H26F2N4O5. The maximum atomic E-state index is 15.5. The van der Waals surface area contributed by atoms with Gasteiger partial charge in [0.15, 0.2) is 11.6 Å². The minimum Gasteiger partial charge on any atom is -0.478 e. The predicted octanol–water partition coefficient (Wildman–Crippen LogP) is 4.65. The lowest BCUT2D eigenvalue weighted by molar-refractivity contribution is -0.119. The Labute approximate surface area is 228 Å². The number of aryl methyl sites for hydroxylation is 1. The lowest BCUT2D eigenvalue weighted by atomic mass is 10.0. The fraction of sp³-hybridized carbons (Fsp3) is 0.138. The Morgan fingerprint density at radius 2 is 1.60 bits per heavy atom. The molecule has 3 aromatic carbocycles. The van der Waals surface area contributed by atoms with Gasteiger partial charge in [-0.1, -0.05) is 36.4 Å². The van der Waals surface area contributed by atoms with E-state index in [0.717, 1.165) is 16.7 Å². The van der Waals surface area contributed by atoms with Crippen LogP contribution < -0.4 is 26.3 Å². The summed E-state index contributed by atoms with van der Waals surface area (Å²) >= 11 is 0.